The van der Waals surface area contributed by atoms with Gasteiger partial charge in [0, 0.05) is 11.6 Å². The smallest absolute Gasteiger partial charge is 0.258 e. The fourth-order valence-corrected chi connectivity index (χ4v) is 3.31. The van der Waals surface area contributed by atoms with Crippen LogP contribution in [-0.2, 0) is 4.79 Å². The second-order valence-corrected chi connectivity index (χ2v) is 6.61. The lowest BCUT2D eigenvalue weighted by molar-refractivity contribution is -0.123. The standard InChI is InChI=1S/C21H21N3O2/c25-21(23-16-5-1-2-6-16)14-26-17-11-9-15(10-12-17)20-13-22-18-7-3-4-8-19(18)24-20/h3-4,7-13,16H,1-2,5-6,14H2,(H,23,25). The van der Waals surface area contributed by atoms with E-state index in [2.05, 4.69) is 15.3 Å². The molecule has 1 N–H and O–H groups in total. The summed E-state index contributed by atoms with van der Waals surface area (Å²) in [6, 6.07) is 15.7. The predicted octanol–water partition coefficient (Wildman–Crippen LogP) is 3.73. The zero-order valence-electron chi connectivity index (χ0n) is 14.5. The number of nitrogens with zero attached hydrogens (tertiary/aromatic N) is 2. The lowest BCUT2D eigenvalue weighted by Crippen LogP contribution is -2.36. The molecule has 1 aromatic heterocycles. The first-order valence-electron chi connectivity index (χ1n) is 9.02. The number of rotatable bonds is 5. The van der Waals surface area contributed by atoms with E-state index in [1.54, 1.807) is 6.20 Å². The highest BCUT2D eigenvalue weighted by Gasteiger charge is 2.17. The molecule has 0 saturated heterocycles. The van der Waals surface area contributed by atoms with E-state index in [1.807, 2.05) is 48.5 Å². The average molecular weight is 347 g/mol. The van der Waals surface area contributed by atoms with Crippen LogP contribution in [-0.4, -0.2) is 28.5 Å². The summed E-state index contributed by atoms with van der Waals surface area (Å²) >= 11 is 0. The molecule has 1 amide bonds. The molecule has 0 unspecified atom stereocenters. The van der Waals surface area contributed by atoms with Crippen molar-refractivity contribution in [3.8, 4) is 17.0 Å². The molecule has 1 aliphatic carbocycles. The molecule has 132 valence electrons. The lowest BCUT2D eigenvalue weighted by atomic mass is 10.1. The summed E-state index contributed by atoms with van der Waals surface area (Å²) < 4.78 is 5.59. The minimum atomic E-state index is -0.0543. The van der Waals surface area contributed by atoms with Crippen molar-refractivity contribution in [2.24, 2.45) is 0 Å². The molecule has 2 aromatic carbocycles. The SMILES string of the molecule is O=C(COc1ccc(-c2cnc3ccccc3n2)cc1)NC1CCCC1. The molecule has 5 nitrogen and oxygen atoms in total. The number of ether oxygens (including phenoxy) is 1. The minimum absolute atomic E-state index is 0.0472. The molecule has 0 aliphatic heterocycles. The van der Waals surface area contributed by atoms with Gasteiger partial charge >= 0.3 is 0 Å². The number of hydrogen-bond donors (Lipinski definition) is 1. The highest BCUT2D eigenvalue weighted by molar-refractivity contribution is 5.78. The highest BCUT2D eigenvalue weighted by Crippen LogP contribution is 2.22. The topological polar surface area (TPSA) is 64.1 Å². The highest BCUT2D eigenvalue weighted by atomic mass is 16.5. The van der Waals surface area contributed by atoms with E-state index < -0.39 is 0 Å². The number of carbonyl (C=O) groups excluding carboxylic acids is 1. The number of hydrogen-bond acceptors (Lipinski definition) is 4. The number of carbonyl (C=O) groups is 1. The van der Waals surface area contributed by atoms with Crippen molar-refractivity contribution in [1.29, 1.82) is 0 Å². The van der Waals surface area contributed by atoms with Crippen molar-refractivity contribution in [1.82, 2.24) is 15.3 Å². The minimum Gasteiger partial charge on any atom is -0.484 e. The van der Waals surface area contributed by atoms with Crippen molar-refractivity contribution in [2.45, 2.75) is 31.7 Å². The van der Waals surface area contributed by atoms with E-state index in [-0.39, 0.29) is 12.5 Å². The summed E-state index contributed by atoms with van der Waals surface area (Å²) in [6.45, 7) is 0.0472. The largest absolute Gasteiger partial charge is 0.484 e. The van der Waals surface area contributed by atoms with Crippen molar-refractivity contribution < 1.29 is 9.53 Å². The van der Waals surface area contributed by atoms with E-state index >= 15 is 0 Å². The normalized spacial score (nSPS) is 14.5. The third-order valence-corrected chi connectivity index (χ3v) is 4.69. The Morgan fingerprint density at radius 3 is 2.54 bits per heavy atom. The van der Waals surface area contributed by atoms with Crippen LogP contribution in [0.25, 0.3) is 22.3 Å². The molecular formula is C21H21N3O2. The second kappa shape index (κ2) is 7.52. The maximum absolute atomic E-state index is 11.9. The van der Waals surface area contributed by atoms with Crippen molar-refractivity contribution >= 4 is 16.9 Å². The summed E-state index contributed by atoms with van der Waals surface area (Å²) in [7, 11) is 0. The number of nitrogens with one attached hydrogen (secondary N) is 1. The van der Waals surface area contributed by atoms with Gasteiger partial charge in [-0.15, -0.1) is 0 Å². The van der Waals surface area contributed by atoms with Crippen molar-refractivity contribution in [3.63, 3.8) is 0 Å². The van der Waals surface area contributed by atoms with Crippen LogP contribution >= 0.6 is 0 Å². The summed E-state index contributed by atoms with van der Waals surface area (Å²) in [5.41, 5.74) is 3.53. The predicted molar refractivity (Wildman–Crippen MR) is 101 cm³/mol. The fourth-order valence-electron chi connectivity index (χ4n) is 3.31. The summed E-state index contributed by atoms with van der Waals surface area (Å²) in [4.78, 5) is 21.0. The number of aromatic nitrogens is 2. The van der Waals surface area contributed by atoms with Gasteiger partial charge in [0.15, 0.2) is 6.61 Å². The van der Waals surface area contributed by atoms with E-state index in [4.69, 9.17) is 4.74 Å². The molecule has 0 bridgehead atoms. The number of amides is 1. The molecule has 1 fully saturated rings. The Hall–Kier alpha value is -2.95. The second-order valence-electron chi connectivity index (χ2n) is 6.61. The van der Waals surface area contributed by atoms with Crippen LogP contribution in [0.15, 0.2) is 54.7 Å². The van der Waals surface area contributed by atoms with Crippen molar-refractivity contribution in [3.05, 3.63) is 54.7 Å². The molecule has 1 heterocycles. The third kappa shape index (κ3) is 3.82. The lowest BCUT2D eigenvalue weighted by Gasteiger charge is -2.12. The van der Waals surface area contributed by atoms with Gasteiger partial charge in [-0.3, -0.25) is 9.78 Å². The molecule has 26 heavy (non-hydrogen) atoms. The van der Waals surface area contributed by atoms with Crippen LogP contribution in [0.1, 0.15) is 25.7 Å². The van der Waals surface area contributed by atoms with Crippen LogP contribution in [0.4, 0.5) is 0 Å². The van der Waals surface area contributed by atoms with Gasteiger partial charge in [0.2, 0.25) is 0 Å². The first-order chi connectivity index (χ1) is 12.8. The Balaban J connectivity index is 1.38. The summed E-state index contributed by atoms with van der Waals surface area (Å²) in [5.74, 6) is 0.616. The molecule has 5 heteroatoms. The van der Waals surface area contributed by atoms with E-state index in [9.17, 15) is 4.79 Å². The molecule has 1 aliphatic rings. The molecule has 1 saturated carbocycles. The van der Waals surface area contributed by atoms with Crippen LogP contribution < -0.4 is 10.1 Å². The van der Waals surface area contributed by atoms with Crippen LogP contribution in [0, 0.1) is 0 Å². The maximum atomic E-state index is 11.9. The summed E-state index contributed by atoms with van der Waals surface area (Å²) in [6.07, 6.45) is 6.32. The molecule has 0 spiro atoms. The van der Waals surface area contributed by atoms with Gasteiger partial charge in [0.1, 0.15) is 5.75 Å². The zero-order valence-corrected chi connectivity index (χ0v) is 14.5. The number of benzene rings is 2. The Bertz CT molecular complexity index is 903. The Kier molecular flexibility index (Phi) is 4.78. The van der Waals surface area contributed by atoms with Gasteiger partial charge in [-0.2, -0.15) is 0 Å². The number of fused-ring (bicyclic) bond motifs is 1. The van der Waals surface area contributed by atoms with Gasteiger partial charge in [0.05, 0.1) is 22.9 Å². The quantitative estimate of drug-likeness (QED) is 0.764. The van der Waals surface area contributed by atoms with Crippen molar-refractivity contribution in [2.75, 3.05) is 6.61 Å². The summed E-state index contributed by atoms with van der Waals surface area (Å²) in [5, 5.41) is 3.02. The van der Waals surface area contributed by atoms with E-state index in [1.165, 1.54) is 12.8 Å². The Labute approximate surface area is 152 Å². The zero-order chi connectivity index (χ0) is 17.8. The Morgan fingerprint density at radius 1 is 1.04 bits per heavy atom. The van der Waals surface area contributed by atoms with Crippen LogP contribution in [0.2, 0.25) is 0 Å². The first-order valence-corrected chi connectivity index (χ1v) is 9.02. The number of para-hydroxylation sites is 2. The Morgan fingerprint density at radius 2 is 1.77 bits per heavy atom. The third-order valence-electron chi connectivity index (χ3n) is 4.69. The van der Waals surface area contributed by atoms with E-state index in [0.717, 1.165) is 35.1 Å². The fraction of sp³-hybridized carbons (Fsp3) is 0.286. The maximum Gasteiger partial charge on any atom is 0.258 e. The first kappa shape index (κ1) is 16.5. The average Bonchev–Trinajstić information content (AvgIpc) is 3.19. The van der Waals surface area contributed by atoms with Gasteiger partial charge in [-0.1, -0.05) is 25.0 Å². The molecule has 0 radical (unpaired) electrons. The van der Waals surface area contributed by atoms with Crippen LogP contribution in [0.5, 0.6) is 5.75 Å². The molecule has 3 aromatic rings. The van der Waals surface area contributed by atoms with Gasteiger partial charge < -0.3 is 10.1 Å². The van der Waals surface area contributed by atoms with Gasteiger partial charge in [-0.25, -0.2) is 4.98 Å². The molecular weight excluding hydrogens is 326 g/mol. The van der Waals surface area contributed by atoms with Gasteiger partial charge in [0.25, 0.3) is 5.91 Å². The molecule has 0 atom stereocenters. The van der Waals surface area contributed by atoms with Gasteiger partial charge in [-0.05, 0) is 49.2 Å². The van der Waals surface area contributed by atoms with E-state index in [0.29, 0.717) is 11.8 Å². The monoisotopic (exact) mass is 347 g/mol. The van der Waals surface area contributed by atoms with Crippen LogP contribution in [0.3, 0.4) is 0 Å². The molecule has 4 rings (SSSR count).